The minimum absolute atomic E-state index is 0.976. The average molecular weight is 115 g/mol. The lowest BCUT2D eigenvalue weighted by molar-refractivity contribution is -0.743. The molecule has 0 aromatic carbocycles. The third-order valence-corrected chi connectivity index (χ3v) is 1.32. The molecule has 7 heavy (non-hydrogen) atoms. The van der Waals surface area contributed by atoms with Crippen LogP contribution >= 0.6 is 11.5 Å². The van der Waals surface area contributed by atoms with Crippen molar-refractivity contribution >= 4 is 11.5 Å². The largest absolute Gasteiger partial charge is 0.208 e. The van der Waals surface area contributed by atoms with E-state index < -0.39 is 0 Å². The van der Waals surface area contributed by atoms with Crippen molar-refractivity contribution in [2.45, 2.75) is 13.5 Å². The van der Waals surface area contributed by atoms with E-state index in [9.17, 15) is 0 Å². The Morgan fingerprint density at radius 1 is 1.86 bits per heavy atom. The first-order valence-corrected chi connectivity index (χ1v) is 3.07. The van der Waals surface area contributed by atoms with Crippen molar-refractivity contribution in [3.8, 4) is 0 Å². The average Bonchev–Trinajstić information content (AvgIpc) is 2.14. The van der Waals surface area contributed by atoms with Gasteiger partial charge in [-0.25, -0.2) is 0 Å². The fourth-order valence-corrected chi connectivity index (χ4v) is 0.916. The highest BCUT2D eigenvalue weighted by atomic mass is 32.1. The monoisotopic (exact) mass is 115 g/mol. The van der Waals surface area contributed by atoms with E-state index in [4.69, 9.17) is 0 Å². The van der Waals surface area contributed by atoms with E-state index in [2.05, 4.69) is 11.4 Å². The standard InChI is InChI=1S/C4H7N2S/c1-2-6-3-4-7-5-6/h3-4H,2H2,1H3/q+1. The van der Waals surface area contributed by atoms with E-state index in [0.717, 1.165) is 6.54 Å². The van der Waals surface area contributed by atoms with Gasteiger partial charge in [-0.15, -0.1) is 0 Å². The van der Waals surface area contributed by atoms with Crippen LogP contribution < -0.4 is 4.68 Å². The molecule has 0 amide bonds. The topological polar surface area (TPSA) is 16.8 Å². The van der Waals surface area contributed by atoms with E-state index in [1.165, 1.54) is 11.5 Å². The van der Waals surface area contributed by atoms with E-state index in [-0.39, 0.29) is 0 Å². The summed E-state index contributed by atoms with van der Waals surface area (Å²) in [4.78, 5) is 0. The number of hydrogen-bond acceptors (Lipinski definition) is 2. The van der Waals surface area contributed by atoms with Crippen LogP contribution in [0.3, 0.4) is 0 Å². The lowest BCUT2D eigenvalue weighted by Gasteiger charge is -1.70. The van der Waals surface area contributed by atoms with E-state index in [0.29, 0.717) is 0 Å². The van der Waals surface area contributed by atoms with Gasteiger partial charge in [0.15, 0.2) is 6.54 Å². The van der Waals surface area contributed by atoms with Gasteiger partial charge in [0.2, 0.25) is 6.20 Å². The summed E-state index contributed by atoms with van der Waals surface area (Å²) in [6.45, 7) is 3.04. The van der Waals surface area contributed by atoms with Crippen LogP contribution in [0.2, 0.25) is 0 Å². The summed E-state index contributed by atoms with van der Waals surface area (Å²) in [6, 6.07) is 0. The first-order valence-electron chi connectivity index (χ1n) is 2.23. The Balaban J connectivity index is 2.76. The highest BCUT2D eigenvalue weighted by molar-refractivity contribution is 7.03. The quantitative estimate of drug-likeness (QED) is 0.486. The van der Waals surface area contributed by atoms with Gasteiger partial charge in [-0.05, 0) is 6.92 Å². The van der Waals surface area contributed by atoms with Crippen molar-refractivity contribution in [2.75, 3.05) is 0 Å². The van der Waals surface area contributed by atoms with Gasteiger partial charge in [-0.3, -0.25) is 0 Å². The zero-order valence-electron chi connectivity index (χ0n) is 4.16. The van der Waals surface area contributed by atoms with E-state index in [1.807, 2.05) is 16.3 Å². The molecule has 3 heteroatoms. The molecule has 1 aromatic rings. The minimum Gasteiger partial charge on any atom is -0.0795 e. The molecule has 0 aliphatic heterocycles. The molecular formula is C4H7N2S+. The zero-order chi connectivity index (χ0) is 5.11. The van der Waals surface area contributed by atoms with Crippen LogP contribution in [0, 0.1) is 0 Å². The third kappa shape index (κ3) is 0.962. The lowest BCUT2D eigenvalue weighted by Crippen LogP contribution is -2.32. The molecule has 38 valence electrons. The maximum atomic E-state index is 3.99. The van der Waals surface area contributed by atoms with Gasteiger partial charge >= 0.3 is 0 Å². The predicted octanol–water partition coefficient (Wildman–Crippen LogP) is 0.451. The fourth-order valence-electron chi connectivity index (χ4n) is 0.376. The van der Waals surface area contributed by atoms with Crippen LogP contribution in [0.25, 0.3) is 0 Å². The molecule has 0 aliphatic carbocycles. The van der Waals surface area contributed by atoms with Crippen LogP contribution in [-0.2, 0) is 6.54 Å². The molecule has 0 spiro atoms. The van der Waals surface area contributed by atoms with Crippen LogP contribution in [0.4, 0.5) is 0 Å². The second kappa shape index (κ2) is 2.02. The van der Waals surface area contributed by atoms with E-state index >= 15 is 0 Å². The lowest BCUT2D eigenvalue weighted by atomic mass is 10.8. The molecule has 1 heterocycles. The highest BCUT2D eigenvalue weighted by Crippen LogP contribution is 1.78. The Labute approximate surface area is 46.6 Å². The molecule has 0 N–H and O–H groups in total. The minimum atomic E-state index is 0.976. The summed E-state index contributed by atoms with van der Waals surface area (Å²) in [5.41, 5.74) is 0. The molecular weight excluding hydrogens is 108 g/mol. The predicted molar refractivity (Wildman–Crippen MR) is 28.0 cm³/mol. The molecule has 1 aromatic heterocycles. The number of aromatic nitrogens is 2. The first kappa shape index (κ1) is 4.71. The summed E-state index contributed by atoms with van der Waals surface area (Å²) in [6.07, 6.45) is 1.96. The van der Waals surface area contributed by atoms with Gasteiger partial charge in [0.1, 0.15) is 0 Å². The number of rotatable bonds is 1. The molecule has 2 nitrogen and oxygen atoms in total. The maximum absolute atomic E-state index is 3.99. The molecule has 0 atom stereocenters. The smallest absolute Gasteiger partial charge is 0.0795 e. The van der Waals surface area contributed by atoms with Crippen molar-refractivity contribution in [1.29, 1.82) is 0 Å². The summed E-state index contributed by atoms with van der Waals surface area (Å²) in [5.74, 6) is 0. The first-order chi connectivity index (χ1) is 3.43. The maximum Gasteiger partial charge on any atom is 0.208 e. The molecule has 0 saturated heterocycles. The molecule has 0 radical (unpaired) electrons. The van der Waals surface area contributed by atoms with Crippen molar-refractivity contribution in [3.05, 3.63) is 11.6 Å². The van der Waals surface area contributed by atoms with Crippen molar-refractivity contribution in [3.63, 3.8) is 0 Å². The second-order valence-corrected chi connectivity index (χ2v) is 1.87. The SMILES string of the molecule is CC[n+]1ccsn1. The van der Waals surface area contributed by atoms with Gasteiger partial charge in [0, 0.05) is 11.5 Å². The molecule has 0 saturated carbocycles. The van der Waals surface area contributed by atoms with Gasteiger partial charge in [-0.1, -0.05) is 4.68 Å². The molecule has 0 fully saturated rings. The summed E-state index contributed by atoms with van der Waals surface area (Å²) >= 11 is 1.48. The van der Waals surface area contributed by atoms with Gasteiger partial charge in [0.25, 0.3) is 0 Å². The molecule has 0 unspecified atom stereocenters. The van der Waals surface area contributed by atoms with Crippen LogP contribution in [-0.4, -0.2) is 4.49 Å². The zero-order valence-corrected chi connectivity index (χ0v) is 4.98. The molecule has 0 aliphatic rings. The molecule has 0 bridgehead atoms. The Morgan fingerprint density at radius 2 is 2.71 bits per heavy atom. The van der Waals surface area contributed by atoms with Crippen molar-refractivity contribution in [1.82, 2.24) is 4.49 Å². The summed E-state index contributed by atoms with van der Waals surface area (Å²) in [5, 5.41) is 1.96. The van der Waals surface area contributed by atoms with Crippen LogP contribution in [0.1, 0.15) is 6.92 Å². The number of aryl methyl sites for hydroxylation is 1. The second-order valence-electron chi connectivity index (χ2n) is 1.23. The summed E-state index contributed by atoms with van der Waals surface area (Å²) < 4.78 is 5.89. The highest BCUT2D eigenvalue weighted by Gasteiger charge is 1.92. The van der Waals surface area contributed by atoms with E-state index in [1.54, 1.807) is 0 Å². The van der Waals surface area contributed by atoms with Gasteiger partial charge in [-0.2, -0.15) is 0 Å². The van der Waals surface area contributed by atoms with Gasteiger partial charge < -0.3 is 0 Å². The normalized spacial score (nSPS) is 9.29. The molecule has 1 rings (SSSR count). The Kier molecular flexibility index (Phi) is 1.36. The van der Waals surface area contributed by atoms with Gasteiger partial charge in [0.05, 0.1) is 9.87 Å². The van der Waals surface area contributed by atoms with Crippen LogP contribution in [0.5, 0.6) is 0 Å². The Hall–Kier alpha value is -0.440. The number of nitrogens with zero attached hydrogens (tertiary/aromatic N) is 2. The fraction of sp³-hybridized carbons (Fsp3) is 0.500. The van der Waals surface area contributed by atoms with Crippen molar-refractivity contribution in [2.24, 2.45) is 0 Å². The third-order valence-electron chi connectivity index (χ3n) is 0.770. The number of hydrogen-bond donors (Lipinski definition) is 0. The van der Waals surface area contributed by atoms with Crippen LogP contribution in [0.15, 0.2) is 11.6 Å². The Bertz CT molecular complexity index is 124. The Morgan fingerprint density at radius 3 is 3.00 bits per heavy atom. The summed E-state index contributed by atoms with van der Waals surface area (Å²) in [7, 11) is 0. The van der Waals surface area contributed by atoms with Crippen molar-refractivity contribution < 1.29 is 4.68 Å².